The molecule has 0 radical (unpaired) electrons. The van der Waals surface area contributed by atoms with Crippen LogP contribution in [0.1, 0.15) is 11.3 Å². The van der Waals surface area contributed by atoms with Crippen LogP contribution in [-0.2, 0) is 6.54 Å². The van der Waals surface area contributed by atoms with Crippen molar-refractivity contribution in [2.45, 2.75) is 6.54 Å². The minimum absolute atomic E-state index is 0.377. The maximum atomic E-state index is 14.6. The monoisotopic (exact) mass is 375 g/mol. The average molecular weight is 375 g/mol. The number of nitrogens with one attached hydrogen (secondary N) is 1. The van der Waals surface area contributed by atoms with Gasteiger partial charge >= 0.3 is 0 Å². The predicted molar refractivity (Wildman–Crippen MR) is 99.7 cm³/mol. The summed E-state index contributed by atoms with van der Waals surface area (Å²) in [6.45, 7) is 0.377. The molecule has 0 spiro atoms. The Bertz CT molecular complexity index is 1150. The van der Waals surface area contributed by atoms with Crippen LogP contribution in [0, 0.1) is 17.1 Å². The molecular weight excluding hydrogens is 361 g/mol. The lowest BCUT2D eigenvalue weighted by Gasteiger charge is -2.06. The zero-order valence-electron chi connectivity index (χ0n) is 14.5. The van der Waals surface area contributed by atoms with Crippen molar-refractivity contribution in [3.8, 4) is 23.0 Å². The fourth-order valence-electron chi connectivity index (χ4n) is 2.68. The van der Waals surface area contributed by atoms with E-state index in [4.69, 9.17) is 14.3 Å². The number of anilines is 1. The minimum atomic E-state index is -0.394. The van der Waals surface area contributed by atoms with Gasteiger partial charge < -0.3 is 18.9 Å². The van der Waals surface area contributed by atoms with Crippen molar-refractivity contribution in [1.29, 1.82) is 5.26 Å². The van der Waals surface area contributed by atoms with Gasteiger partial charge in [-0.05, 0) is 29.8 Å². The van der Waals surface area contributed by atoms with Crippen LogP contribution >= 0.6 is 0 Å². The molecule has 3 aromatic heterocycles. The second-order valence-electron chi connectivity index (χ2n) is 5.90. The number of aromatic nitrogens is 3. The standard InChI is InChI=1S/C20H14FN5O2/c21-17-10-15(3-4-19(17)26-8-5-14(13-26)2-1-7-22)18-11-16(28-24-18)12-23-20-6-9-27-25-20/h1-6,8-11,13H,12H2,(H,23,25). The maximum Gasteiger partial charge on any atom is 0.169 e. The fraction of sp³-hybridized carbons (Fsp3) is 0.0500. The van der Waals surface area contributed by atoms with Gasteiger partial charge in [-0.15, -0.1) is 0 Å². The minimum Gasteiger partial charge on any atom is -0.363 e. The van der Waals surface area contributed by atoms with E-state index in [0.717, 1.165) is 5.56 Å². The normalized spacial score (nSPS) is 11.0. The zero-order valence-corrected chi connectivity index (χ0v) is 14.5. The number of halogens is 1. The molecule has 0 aliphatic carbocycles. The molecule has 0 bridgehead atoms. The third kappa shape index (κ3) is 3.68. The summed E-state index contributed by atoms with van der Waals surface area (Å²) < 4.78 is 26.3. The Morgan fingerprint density at radius 3 is 2.93 bits per heavy atom. The number of hydrogen-bond donors (Lipinski definition) is 1. The Kier molecular flexibility index (Phi) is 4.72. The van der Waals surface area contributed by atoms with Gasteiger partial charge in [-0.3, -0.25) is 0 Å². The number of benzene rings is 1. The molecule has 0 saturated carbocycles. The molecule has 0 unspecified atom stereocenters. The van der Waals surface area contributed by atoms with E-state index < -0.39 is 5.82 Å². The molecule has 0 fully saturated rings. The van der Waals surface area contributed by atoms with E-state index in [1.54, 1.807) is 53.4 Å². The summed E-state index contributed by atoms with van der Waals surface area (Å²) in [5.74, 6) is 0.778. The quantitative estimate of drug-likeness (QED) is 0.502. The highest BCUT2D eigenvalue weighted by atomic mass is 19.1. The number of nitriles is 1. The van der Waals surface area contributed by atoms with Crippen LogP contribution in [0.3, 0.4) is 0 Å². The molecule has 0 aliphatic heterocycles. The van der Waals surface area contributed by atoms with Crippen LogP contribution in [0.5, 0.6) is 0 Å². The van der Waals surface area contributed by atoms with Gasteiger partial charge in [0, 0.05) is 36.2 Å². The van der Waals surface area contributed by atoms with Crippen LogP contribution in [0.25, 0.3) is 23.0 Å². The first-order chi connectivity index (χ1) is 13.7. The lowest BCUT2D eigenvalue weighted by molar-refractivity contribution is 0.389. The molecule has 7 nitrogen and oxygen atoms in total. The molecule has 8 heteroatoms. The summed E-state index contributed by atoms with van der Waals surface area (Å²) in [6.07, 6.45) is 7.98. The van der Waals surface area contributed by atoms with Crippen molar-refractivity contribution < 1.29 is 13.4 Å². The molecule has 0 atom stereocenters. The number of rotatable bonds is 6. The highest BCUT2D eigenvalue weighted by molar-refractivity contribution is 5.61. The van der Waals surface area contributed by atoms with Crippen LogP contribution in [-0.4, -0.2) is 14.9 Å². The first-order valence-corrected chi connectivity index (χ1v) is 8.37. The van der Waals surface area contributed by atoms with Crippen molar-refractivity contribution in [1.82, 2.24) is 14.9 Å². The Morgan fingerprint density at radius 1 is 1.21 bits per heavy atom. The van der Waals surface area contributed by atoms with Gasteiger partial charge in [0.1, 0.15) is 17.8 Å². The molecule has 3 heterocycles. The smallest absolute Gasteiger partial charge is 0.169 e. The molecule has 4 rings (SSSR count). The van der Waals surface area contributed by atoms with E-state index in [9.17, 15) is 4.39 Å². The lowest BCUT2D eigenvalue weighted by atomic mass is 10.1. The number of hydrogen-bond acceptors (Lipinski definition) is 6. The number of allylic oxidation sites excluding steroid dienone is 1. The van der Waals surface area contributed by atoms with Crippen LogP contribution in [0.2, 0.25) is 0 Å². The van der Waals surface area contributed by atoms with Crippen molar-refractivity contribution >= 4 is 11.9 Å². The van der Waals surface area contributed by atoms with E-state index >= 15 is 0 Å². The molecule has 1 N–H and O–H groups in total. The Morgan fingerprint density at radius 2 is 2.14 bits per heavy atom. The summed E-state index contributed by atoms with van der Waals surface area (Å²) in [5, 5.41) is 19.4. The number of nitrogens with zero attached hydrogens (tertiary/aromatic N) is 4. The molecule has 4 aromatic rings. The summed E-state index contributed by atoms with van der Waals surface area (Å²) in [4.78, 5) is 0. The van der Waals surface area contributed by atoms with Gasteiger partial charge in [-0.25, -0.2) is 4.39 Å². The van der Waals surface area contributed by atoms with E-state index in [1.807, 2.05) is 6.07 Å². The lowest BCUT2D eigenvalue weighted by Crippen LogP contribution is -1.97. The molecule has 0 saturated heterocycles. The summed E-state index contributed by atoms with van der Waals surface area (Å²) in [5.41, 5.74) is 2.35. The molecule has 0 aliphatic rings. The van der Waals surface area contributed by atoms with Crippen molar-refractivity contribution in [3.63, 3.8) is 0 Å². The molecule has 138 valence electrons. The third-order valence-electron chi connectivity index (χ3n) is 4.03. The largest absolute Gasteiger partial charge is 0.363 e. The molecular formula is C20H14FN5O2. The first-order valence-electron chi connectivity index (χ1n) is 8.37. The first kappa shape index (κ1) is 17.3. The second kappa shape index (κ2) is 7.63. The Balaban J connectivity index is 1.51. The van der Waals surface area contributed by atoms with E-state index in [0.29, 0.717) is 35.1 Å². The van der Waals surface area contributed by atoms with E-state index in [2.05, 4.69) is 15.6 Å². The van der Waals surface area contributed by atoms with Crippen LogP contribution in [0.15, 0.2) is 70.2 Å². The van der Waals surface area contributed by atoms with Crippen molar-refractivity contribution in [2.75, 3.05) is 5.32 Å². The van der Waals surface area contributed by atoms with Crippen molar-refractivity contribution in [3.05, 3.63) is 78.3 Å². The average Bonchev–Trinajstić information content (AvgIpc) is 3.46. The van der Waals surface area contributed by atoms with Gasteiger partial charge in [0.2, 0.25) is 0 Å². The molecule has 28 heavy (non-hydrogen) atoms. The summed E-state index contributed by atoms with van der Waals surface area (Å²) >= 11 is 0. The predicted octanol–water partition coefficient (Wildman–Crippen LogP) is 4.41. The Hall–Kier alpha value is -4.12. The van der Waals surface area contributed by atoms with Gasteiger partial charge in [-0.2, -0.15) is 5.26 Å². The van der Waals surface area contributed by atoms with E-state index in [-0.39, 0.29) is 0 Å². The second-order valence-corrected chi connectivity index (χ2v) is 5.90. The van der Waals surface area contributed by atoms with Crippen LogP contribution in [0.4, 0.5) is 10.2 Å². The molecule has 1 aromatic carbocycles. The summed E-state index contributed by atoms with van der Waals surface area (Å²) in [6, 6.07) is 12.0. The highest BCUT2D eigenvalue weighted by Gasteiger charge is 2.11. The highest BCUT2D eigenvalue weighted by Crippen LogP contribution is 2.24. The third-order valence-corrected chi connectivity index (χ3v) is 4.03. The van der Waals surface area contributed by atoms with E-state index in [1.165, 1.54) is 18.4 Å². The van der Waals surface area contributed by atoms with Crippen molar-refractivity contribution in [2.24, 2.45) is 0 Å². The molecule has 0 amide bonds. The van der Waals surface area contributed by atoms with Gasteiger partial charge in [0.15, 0.2) is 11.6 Å². The van der Waals surface area contributed by atoms with Gasteiger partial charge in [0.25, 0.3) is 0 Å². The topological polar surface area (TPSA) is 92.8 Å². The SMILES string of the molecule is N#CC=Cc1ccn(-c2ccc(-c3cc(CNc4ccon4)on3)cc2F)c1. The maximum absolute atomic E-state index is 14.6. The fourth-order valence-corrected chi connectivity index (χ4v) is 2.68. The van der Waals surface area contributed by atoms with Gasteiger partial charge in [-0.1, -0.05) is 16.4 Å². The summed E-state index contributed by atoms with van der Waals surface area (Å²) in [7, 11) is 0. The van der Waals surface area contributed by atoms with Crippen LogP contribution < -0.4 is 5.32 Å². The zero-order chi connectivity index (χ0) is 19.3. The van der Waals surface area contributed by atoms with Gasteiger partial charge in [0.05, 0.1) is 18.3 Å². The Labute approximate surface area is 159 Å².